The predicted octanol–water partition coefficient (Wildman–Crippen LogP) is 2.72. The minimum absolute atomic E-state index is 0. The van der Waals surface area contributed by atoms with Gasteiger partial charge in [-0.05, 0) is 37.2 Å². The Morgan fingerprint density at radius 3 is 2.59 bits per heavy atom. The monoisotopic (exact) mass is 330 g/mol. The van der Waals surface area contributed by atoms with Gasteiger partial charge in [-0.25, -0.2) is 8.78 Å². The Morgan fingerprint density at radius 1 is 1.32 bits per heavy atom. The summed E-state index contributed by atoms with van der Waals surface area (Å²) in [6, 6.07) is 3.36. The first-order valence-electron chi connectivity index (χ1n) is 7.42. The van der Waals surface area contributed by atoms with E-state index in [0.717, 1.165) is 25.3 Å². The predicted molar refractivity (Wildman–Crippen MR) is 82.4 cm³/mol. The van der Waals surface area contributed by atoms with Crippen molar-refractivity contribution >= 4 is 18.3 Å². The first-order valence-corrected chi connectivity index (χ1v) is 7.42. The zero-order valence-electron chi connectivity index (χ0n) is 12.5. The first kappa shape index (κ1) is 17.2. The molecule has 2 fully saturated rings. The summed E-state index contributed by atoms with van der Waals surface area (Å²) in [6.45, 7) is 0.144. The van der Waals surface area contributed by atoms with Crippen molar-refractivity contribution in [2.75, 3.05) is 7.05 Å². The number of amides is 1. The van der Waals surface area contributed by atoms with Crippen LogP contribution in [0.25, 0.3) is 0 Å². The Bertz CT molecular complexity index is 567. The summed E-state index contributed by atoms with van der Waals surface area (Å²) in [5, 5.41) is 0. The molecular formula is C16H21ClF2N2O. The van der Waals surface area contributed by atoms with E-state index in [-0.39, 0.29) is 36.8 Å². The van der Waals surface area contributed by atoms with Crippen LogP contribution < -0.4 is 5.73 Å². The zero-order valence-corrected chi connectivity index (χ0v) is 13.3. The summed E-state index contributed by atoms with van der Waals surface area (Å²) >= 11 is 0. The molecule has 3 nitrogen and oxygen atoms in total. The van der Waals surface area contributed by atoms with Crippen LogP contribution >= 0.6 is 12.4 Å². The molecule has 4 atom stereocenters. The van der Waals surface area contributed by atoms with Crippen molar-refractivity contribution in [2.24, 2.45) is 23.5 Å². The normalized spacial score (nSPS) is 29.3. The summed E-state index contributed by atoms with van der Waals surface area (Å²) in [6.07, 6.45) is 3.22. The third-order valence-corrected chi connectivity index (χ3v) is 5.06. The molecule has 4 unspecified atom stereocenters. The Kier molecular flexibility index (Phi) is 5.07. The van der Waals surface area contributed by atoms with Gasteiger partial charge in [-0.15, -0.1) is 12.4 Å². The van der Waals surface area contributed by atoms with E-state index in [4.69, 9.17) is 5.73 Å². The molecule has 0 aliphatic heterocycles. The van der Waals surface area contributed by atoms with E-state index in [1.807, 2.05) is 0 Å². The third-order valence-electron chi connectivity index (χ3n) is 5.06. The van der Waals surface area contributed by atoms with E-state index in [2.05, 4.69) is 0 Å². The van der Waals surface area contributed by atoms with E-state index >= 15 is 0 Å². The van der Waals surface area contributed by atoms with Gasteiger partial charge in [0.05, 0.1) is 5.92 Å². The fourth-order valence-electron chi connectivity index (χ4n) is 3.94. The lowest BCUT2D eigenvalue weighted by Gasteiger charge is -2.30. The third kappa shape index (κ3) is 2.97. The van der Waals surface area contributed by atoms with E-state index < -0.39 is 11.6 Å². The second-order valence-electron chi connectivity index (χ2n) is 6.37. The summed E-state index contributed by atoms with van der Waals surface area (Å²) in [7, 11) is 1.66. The molecule has 0 spiro atoms. The lowest BCUT2D eigenvalue weighted by Crippen LogP contribution is -2.45. The molecular weight excluding hydrogens is 310 g/mol. The summed E-state index contributed by atoms with van der Waals surface area (Å²) in [5.41, 5.74) is 6.50. The van der Waals surface area contributed by atoms with Crippen LogP contribution in [-0.4, -0.2) is 23.9 Å². The molecule has 0 aromatic heterocycles. The highest BCUT2D eigenvalue weighted by Crippen LogP contribution is 2.48. The number of carbonyl (C=O) groups excluding carboxylic acids is 1. The number of benzene rings is 1. The number of halogens is 3. The van der Waals surface area contributed by atoms with Crippen LogP contribution in [0, 0.1) is 29.4 Å². The van der Waals surface area contributed by atoms with Crippen molar-refractivity contribution in [3.05, 3.63) is 35.4 Å². The molecule has 1 amide bonds. The van der Waals surface area contributed by atoms with Crippen molar-refractivity contribution < 1.29 is 13.6 Å². The molecule has 2 N–H and O–H groups in total. The number of nitrogens with zero attached hydrogens (tertiary/aromatic N) is 1. The van der Waals surface area contributed by atoms with Crippen LogP contribution in [0.1, 0.15) is 24.8 Å². The molecule has 2 bridgehead atoms. The summed E-state index contributed by atoms with van der Waals surface area (Å²) in [5.74, 6) is -0.555. The minimum atomic E-state index is -0.619. The minimum Gasteiger partial charge on any atom is -0.341 e. The summed E-state index contributed by atoms with van der Waals surface area (Å²) in [4.78, 5) is 14.1. The average Bonchev–Trinajstić information content (AvgIpc) is 3.02. The highest BCUT2D eigenvalue weighted by atomic mass is 35.5. The smallest absolute Gasteiger partial charge is 0.227 e. The van der Waals surface area contributed by atoms with Gasteiger partial charge in [0.1, 0.15) is 11.6 Å². The Labute approximate surface area is 135 Å². The van der Waals surface area contributed by atoms with Gasteiger partial charge in [0, 0.05) is 31.3 Å². The van der Waals surface area contributed by atoms with Gasteiger partial charge in [-0.2, -0.15) is 0 Å². The Balaban J connectivity index is 0.00000176. The first-order chi connectivity index (χ1) is 9.97. The van der Waals surface area contributed by atoms with Crippen LogP contribution in [-0.2, 0) is 11.3 Å². The fourth-order valence-corrected chi connectivity index (χ4v) is 3.94. The van der Waals surface area contributed by atoms with Crippen LogP contribution in [0.3, 0.4) is 0 Å². The van der Waals surface area contributed by atoms with E-state index in [1.54, 1.807) is 7.05 Å². The molecule has 2 aliphatic carbocycles. The molecule has 1 aromatic carbocycles. The fraction of sp³-hybridized carbons (Fsp3) is 0.562. The average molecular weight is 331 g/mol. The van der Waals surface area contributed by atoms with E-state index in [0.29, 0.717) is 17.4 Å². The van der Waals surface area contributed by atoms with Gasteiger partial charge in [0.2, 0.25) is 5.91 Å². The molecule has 0 radical (unpaired) electrons. The van der Waals surface area contributed by atoms with Crippen LogP contribution in [0.4, 0.5) is 8.78 Å². The second kappa shape index (κ2) is 6.50. The van der Waals surface area contributed by atoms with Crippen LogP contribution in [0.5, 0.6) is 0 Å². The van der Waals surface area contributed by atoms with Crippen molar-refractivity contribution in [3.8, 4) is 0 Å². The van der Waals surface area contributed by atoms with Crippen molar-refractivity contribution in [2.45, 2.75) is 31.8 Å². The maximum absolute atomic E-state index is 13.7. The van der Waals surface area contributed by atoms with Gasteiger partial charge in [-0.1, -0.05) is 6.07 Å². The van der Waals surface area contributed by atoms with E-state index in [1.165, 1.54) is 17.0 Å². The number of rotatable bonds is 3. The molecule has 3 rings (SSSR count). The van der Waals surface area contributed by atoms with Gasteiger partial charge in [0.25, 0.3) is 0 Å². The van der Waals surface area contributed by atoms with Gasteiger partial charge in [-0.3, -0.25) is 4.79 Å². The van der Waals surface area contributed by atoms with Crippen molar-refractivity contribution in [3.63, 3.8) is 0 Å². The standard InChI is InChI=1S/C16H20F2N2O.ClH/c1-20(8-11-4-5-12(17)7-13(11)18)16(21)14-9-2-3-10(6-9)15(14)19;/h4-5,7,9-10,14-15H,2-3,6,8,19H2,1H3;1H. The second-order valence-corrected chi connectivity index (χ2v) is 6.37. The highest BCUT2D eigenvalue weighted by Gasteiger charge is 2.49. The molecule has 2 aliphatic rings. The number of hydrogen-bond acceptors (Lipinski definition) is 2. The molecule has 0 saturated heterocycles. The molecule has 6 heteroatoms. The number of fused-ring (bicyclic) bond motifs is 2. The zero-order chi connectivity index (χ0) is 15.1. The van der Waals surface area contributed by atoms with Crippen molar-refractivity contribution in [1.82, 2.24) is 4.90 Å². The number of hydrogen-bond donors (Lipinski definition) is 1. The SMILES string of the molecule is CN(Cc1ccc(F)cc1F)C(=O)C1C2CCC(C2)C1N.Cl. The van der Waals surface area contributed by atoms with Crippen LogP contribution in [0.2, 0.25) is 0 Å². The molecule has 122 valence electrons. The maximum atomic E-state index is 13.7. The molecule has 0 heterocycles. The maximum Gasteiger partial charge on any atom is 0.227 e. The van der Waals surface area contributed by atoms with Crippen molar-refractivity contribution in [1.29, 1.82) is 0 Å². The quantitative estimate of drug-likeness (QED) is 0.926. The number of carbonyl (C=O) groups is 1. The Morgan fingerprint density at radius 2 is 2.00 bits per heavy atom. The van der Waals surface area contributed by atoms with Crippen LogP contribution in [0.15, 0.2) is 18.2 Å². The largest absolute Gasteiger partial charge is 0.341 e. The van der Waals surface area contributed by atoms with Gasteiger partial charge < -0.3 is 10.6 Å². The number of nitrogens with two attached hydrogens (primary N) is 1. The van der Waals surface area contributed by atoms with Gasteiger partial charge >= 0.3 is 0 Å². The highest BCUT2D eigenvalue weighted by molar-refractivity contribution is 5.85. The molecule has 1 aromatic rings. The molecule has 22 heavy (non-hydrogen) atoms. The molecule has 2 saturated carbocycles. The lowest BCUT2D eigenvalue weighted by molar-refractivity contribution is -0.137. The lowest BCUT2D eigenvalue weighted by atomic mass is 9.84. The topological polar surface area (TPSA) is 46.3 Å². The van der Waals surface area contributed by atoms with E-state index in [9.17, 15) is 13.6 Å². The van der Waals surface area contributed by atoms with Gasteiger partial charge in [0.15, 0.2) is 0 Å². The Hall–Kier alpha value is -1.20. The summed E-state index contributed by atoms with van der Waals surface area (Å²) < 4.78 is 26.6.